The Morgan fingerprint density at radius 1 is 1.21 bits per heavy atom. The van der Waals surface area contributed by atoms with Crippen LogP contribution in [0.4, 0.5) is 9.52 Å². The number of benzene rings is 1. The highest BCUT2D eigenvalue weighted by Crippen LogP contribution is 2.24. The molecule has 0 spiro atoms. The fourth-order valence-corrected chi connectivity index (χ4v) is 4.65. The van der Waals surface area contributed by atoms with Gasteiger partial charge in [-0.25, -0.2) is 9.37 Å². The number of hydrogen-bond acceptors (Lipinski definition) is 6. The maximum Gasteiger partial charge on any atom is 0.232 e. The highest BCUT2D eigenvalue weighted by Gasteiger charge is 2.14. The maximum atomic E-state index is 13.1. The number of fused-ring (bicyclic) bond motifs is 1. The Bertz CT molecular complexity index is 1120. The number of halogens is 1. The number of imidazole rings is 1. The highest BCUT2D eigenvalue weighted by atomic mass is 32.1. The van der Waals surface area contributed by atoms with Crippen molar-refractivity contribution in [2.45, 2.75) is 39.0 Å². The van der Waals surface area contributed by atoms with Crippen LogP contribution in [-0.2, 0) is 17.6 Å². The summed E-state index contributed by atoms with van der Waals surface area (Å²) in [6.07, 6.45) is 6.40. The van der Waals surface area contributed by atoms with E-state index in [1.165, 1.54) is 41.2 Å². The Balaban J connectivity index is 1.42. The van der Waals surface area contributed by atoms with Crippen molar-refractivity contribution < 1.29 is 9.18 Å². The van der Waals surface area contributed by atoms with Crippen molar-refractivity contribution in [1.29, 1.82) is 0 Å². The van der Waals surface area contributed by atoms with Crippen LogP contribution in [-0.4, -0.2) is 25.5 Å². The third-order valence-corrected chi connectivity index (χ3v) is 6.26. The quantitative estimate of drug-likeness (QED) is 0.402. The van der Waals surface area contributed by atoms with E-state index < -0.39 is 0 Å². The molecule has 6 nitrogen and oxygen atoms in total. The molecular formula is C20H20FN5OS2. The van der Waals surface area contributed by atoms with Crippen molar-refractivity contribution in [2.24, 2.45) is 0 Å². The van der Waals surface area contributed by atoms with E-state index in [0.29, 0.717) is 5.13 Å². The first kappa shape index (κ1) is 19.7. The molecule has 9 heteroatoms. The first-order valence-corrected chi connectivity index (χ1v) is 11.2. The van der Waals surface area contributed by atoms with Crippen LogP contribution in [0.1, 0.15) is 36.9 Å². The summed E-state index contributed by atoms with van der Waals surface area (Å²) >= 11 is 2.90. The molecule has 0 bridgehead atoms. The zero-order valence-electron chi connectivity index (χ0n) is 15.9. The second kappa shape index (κ2) is 8.79. The van der Waals surface area contributed by atoms with Gasteiger partial charge >= 0.3 is 0 Å². The van der Waals surface area contributed by atoms with E-state index in [-0.39, 0.29) is 18.1 Å². The van der Waals surface area contributed by atoms with Gasteiger partial charge in [-0.2, -0.15) is 0 Å². The average Bonchev–Trinajstić information content (AvgIpc) is 3.40. The highest BCUT2D eigenvalue weighted by molar-refractivity contribution is 7.15. The molecule has 0 aliphatic heterocycles. The summed E-state index contributed by atoms with van der Waals surface area (Å²) < 4.78 is 15.0. The molecule has 150 valence electrons. The van der Waals surface area contributed by atoms with E-state index in [1.807, 2.05) is 16.0 Å². The van der Waals surface area contributed by atoms with Crippen molar-refractivity contribution in [3.05, 3.63) is 52.4 Å². The second-order valence-electron chi connectivity index (χ2n) is 6.70. The van der Waals surface area contributed by atoms with Gasteiger partial charge in [-0.05, 0) is 30.7 Å². The fraction of sp³-hybridized carbons (Fsp3) is 0.300. The van der Waals surface area contributed by atoms with Crippen molar-refractivity contribution in [1.82, 2.24) is 19.6 Å². The monoisotopic (exact) mass is 429 g/mol. The fourth-order valence-electron chi connectivity index (χ4n) is 2.98. The molecule has 0 atom stereocenters. The minimum atomic E-state index is -0.280. The molecule has 29 heavy (non-hydrogen) atoms. The lowest BCUT2D eigenvalue weighted by Crippen LogP contribution is -2.15. The molecule has 4 aromatic rings. The number of carbonyl (C=O) groups excluding carboxylic acids is 1. The Kier molecular flexibility index (Phi) is 5.96. The summed E-state index contributed by atoms with van der Waals surface area (Å²) in [5, 5.41) is 14.5. The van der Waals surface area contributed by atoms with Crippen LogP contribution < -0.4 is 5.32 Å². The van der Waals surface area contributed by atoms with Gasteiger partial charge in [0.15, 0.2) is 4.96 Å². The van der Waals surface area contributed by atoms with E-state index in [1.54, 1.807) is 12.1 Å². The Morgan fingerprint density at radius 2 is 2.03 bits per heavy atom. The Morgan fingerprint density at radius 3 is 2.83 bits per heavy atom. The second-order valence-corrected chi connectivity index (χ2v) is 8.59. The summed E-state index contributed by atoms with van der Waals surface area (Å²) in [7, 11) is 0. The number of carbonyl (C=O) groups is 1. The van der Waals surface area contributed by atoms with Crippen LogP contribution in [0.2, 0.25) is 0 Å². The van der Waals surface area contributed by atoms with Crippen LogP contribution >= 0.6 is 22.7 Å². The summed E-state index contributed by atoms with van der Waals surface area (Å²) in [5.41, 5.74) is 2.43. The van der Waals surface area contributed by atoms with Gasteiger partial charge in [0, 0.05) is 29.3 Å². The van der Waals surface area contributed by atoms with Crippen molar-refractivity contribution in [3.8, 4) is 11.3 Å². The van der Waals surface area contributed by atoms with Crippen LogP contribution in [0.5, 0.6) is 0 Å². The van der Waals surface area contributed by atoms with Crippen molar-refractivity contribution in [2.75, 3.05) is 5.32 Å². The third kappa shape index (κ3) is 4.68. The molecule has 1 N–H and O–H groups in total. The van der Waals surface area contributed by atoms with Gasteiger partial charge in [0.1, 0.15) is 10.8 Å². The predicted octanol–water partition coefficient (Wildman–Crippen LogP) is 4.97. The maximum absolute atomic E-state index is 13.1. The number of anilines is 1. The number of aryl methyl sites for hydroxylation is 1. The SMILES string of the molecule is CCCCCc1nnc(NC(=O)Cc2csc3nc(-c4ccc(F)cc4)cn23)s1. The predicted molar refractivity (Wildman–Crippen MR) is 114 cm³/mol. The van der Waals surface area contributed by atoms with E-state index in [2.05, 4.69) is 27.4 Å². The minimum absolute atomic E-state index is 0.141. The topological polar surface area (TPSA) is 72.2 Å². The van der Waals surface area contributed by atoms with Gasteiger partial charge in [-0.1, -0.05) is 31.1 Å². The average molecular weight is 430 g/mol. The first-order chi connectivity index (χ1) is 14.1. The molecule has 0 aliphatic carbocycles. The van der Waals surface area contributed by atoms with Crippen LogP contribution in [0, 0.1) is 5.82 Å². The number of unbranched alkanes of at least 4 members (excludes halogenated alkanes) is 2. The molecule has 0 radical (unpaired) electrons. The molecule has 0 saturated carbocycles. The lowest BCUT2D eigenvalue weighted by molar-refractivity contribution is -0.115. The molecule has 4 rings (SSSR count). The van der Waals surface area contributed by atoms with Crippen LogP contribution in [0.15, 0.2) is 35.8 Å². The summed E-state index contributed by atoms with van der Waals surface area (Å²) in [4.78, 5) is 17.8. The number of hydrogen-bond donors (Lipinski definition) is 1. The van der Waals surface area contributed by atoms with E-state index in [4.69, 9.17) is 0 Å². The number of aromatic nitrogens is 4. The van der Waals surface area contributed by atoms with Gasteiger partial charge in [-0.3, -0.25) is 9.20 Å². The molecule has 0 saturated heterocycles. The zero-order chi connectivity index (χ0) is 20.2. The molecule has 1 amide bonds. The summed E-state index contributed by atoms with van der Waals surface area (Å²) in [6.45, 7) is 2.16. The summed E-state index contributed by atoms with van der Waals surface area (Å²) in [6, 6.07) is 6.22. The van der Waals surface area contributed by atoms with Gasteiger partial charge in [0.05, 0.1) is 12.1 Å². The number of nitrogens with zero attached hydrogens (tertiary/aromatic N) is 4. The van der Waals surface area contributed by atoms with Crippen molar-refractivity contribution >= 4 is 38.7 Å². The normalized spacial score (nSPS) is 11.2. The van der Waals surface area contributed by atoms with E-state index in [9.17, 15) is 9.18 Å². The number of thiazole rings is 1. The van der Waals surface area contributed by atoms with Crippen LogP contribution in [0.25, 0.3) is 16.2 Å². The lowest BCUT2D eigenvalue weighted by Gasteiger charge is -2.00. The van der Waals surface area contributed by atoms with Crippen molar-refractivity contribution in [3.63, 3.8) is 0 Å². The van der Waals surface area contributed by atoms with Gasteiger partial charge in [0.25, 0.3) is 0 Å². The van der Waals surface area contributed by atoms with E-state index in [0.717, 1.165) is 46.2 Å². The smallest absolute Gasteiger partial charge is 0.232 e. The minimum Gasteiger partial charge on any atom is -0.300 e. The lowest BCUT2D eigenvalue weighted by atomic mass is 10.2. The molecule has 3 heterocycles. The number of amides is 1. The Labute approximate surface area is 175 Å². The van der Waals surface area contributed by atoms with Gasteiger partial charge in [-0.15, -0.1) is 21.5 Å². The number of nitrogens with one attached hydrogen (secondary N) is 1. The molecule has 1 aromatic carbocycles. The molecule has 0 fully saturated rings. The molecule has 0 unspecified atom stereocenters. The molecule has 0 aliphatic rings. The first-order valence-electron chi connectivity index (χ1n) is 9.46. The standard InChI is InChI=1S/C20H20FN5OS2/c1-2-3-4-5-18-24-25-19(29-18)23-17(27)10-15-12-28-20-22-16(11-26(15)20)13-6-8-14(21)9-7-13/h6-9,11-12H,2-5,10H2,1H3,(H,23,25,27). The van der Waals surface area contributed by atoms with Crippen LogP contribution in [0.3, 0.4) is 0 Å². The van der Waals surface area contributed by atoms with E-state index >= 15 is 0 Å². The summed E-state index contributed by atoms with van der Waals surface area (Å²) in [5.74, 6) is -0.421. The van der Waals surface area contributed by atoms with Gasteiger partial charge < -0.3 is 5.32 Å². The zero-order valence-corrected chi connectivity index (χ0v) is 17.5. The molecular weight excluding hydrogens is 409 g/mol. The third-order valence-electron chi connectivity index (χ3n) is 4.47. The Hall–Kier alpha value is -2.65. The molecule has 3 aromatic heterocycles. The largest absolute Gasteiger partial charge is 0.300 e. The van der Waals surface area contributed by atoms with Gasteiger partial charge in [0.2, 0.25) is 11.0 Å². The number of rotatable bonds is 8.